The van der Waals surface area contributed by atoms with E-state index in [1.807, 2.05) is 0 Å². The first-order valence-corrected chi connectivity index (χ1v) is 2.58. The molecule has 2 nitrogen and oxygen atoms in total. The van der Waals surface area contributed by atoms with Gasteiger partial charge >= 0.3 is 6.18 Å². The van der Waals surface area contributed by atoms with Gasteiger partial charge in [0.05, 0.1) is 5.56 Å². The first-order chi connectivity index (χ1) is 4.61. The lowest BCUT2D eigenvalue weighted by atomic mass is 10.3. The molecule has 1 aromatic heterocycles. The van der Waals surface area contributed by atoms with Crippen LogP contribution < -0.4 is 0 Å². The van der Waals surface area contributed by atoms with Gasteiger partial charge in [-0.05, 0) is 12.1 Å². The van der Waals surface area contributed by atoms with Crippen LogP contribution in [0, 0.1) is 0 Å². The molecule has 0 spiro atoms. The summed E-state index contributed by atoms with van der Waals surface area (Å²) in [7, 11) is 0. The molecule has 0 saturated carbocycles. The predicted octanol–water partition coefficient (Wildman–Crippen LogP) is 1.28. The summed E-state index contributed by atoms with van der Waals surface area (Å²) in [4.78, 5) is 3.33. The van der Waals surface area contributed by atoms with Gasteiger partial charge in [0.2, 0.25) is 0 Å². The molecule has 5 heteroatoms. The van der Waals surface area contributed by atoms with Gasteiger partial charge in [0, 0.05) is 12.4 Å². The lowest BCUT2D eigenvalue weighted by molar-refractivity contribution is -0.137. The van der Waals surface area contributed by atoms with Gasteiger partial charge in [0.25, 0.3) is 0 Å². The third kappa shape index (κ3) is 2.55. The summed E-state index contributed by atoms with van der Waals surface area (Å²) in [6, 6.07) is 2.23. The summed E-state index contributed by atoms with van der Waals surface area (Å²) < 4.78 is 35.2. The van der Waals surface area contributed by atoms with E-state index in [0.29, 0.717) is 0 Å². The molecule has 1 aromatic rings. The fraction of sp³-hybridized carbons (Fsp3) is 0.167. The SMILES string of the molecule is FC(F)(F)c1cccnc1.O. The van der Waals surface area contributed by atoms with E-state index in [9.17, 15) is 13.2 Å². The second-order valence-corrected chi connectivity index (χ2v) is 1.74. The molecule has 0 aliphatic heterocycles. The van der Waals surface area contributed by atoms with E-state index in [2.05, 4.69) is 4.98 Å². The van der Waals surface area contributed by atoms with Crippen LogP contribution in [-0.4, -0.2) is 10.5 Å². The van der Waals surface area contributed by atoms with Gasteiger partial charge in [-0.25, -0.2) is 0 Å². The third-order valence-corrected chi connectivity index (χ3v) is 0.989. The predicted molar refractivity (Wildman–Crippen MR) is 32.9 cm³/mol. The Morgan fingerprint density at radius 2 is 1.91 bits per heavy atom. The molecule has 0 amide bonds. The molecule has 0 aromatic carbocycles. The highest BCUT2D eigenvalue weighted by Gasteiger charge is 2.30. The Hall–Kier alpha value is -1.10. The molecule has 0 bridgehead atoms. The molecule has 0 fully saturated rings. The van der Waals surface area contributed by atoms with Crippen molar-refractivity contribution in [2.75, 3.05) is 0 Å². The fourth-order valence-electron chi connectivity index (χ4n) is 0.530. The second kappa shape index (κ2) is 3.34. The molecule has 0 aliphatic carbocycles. The minimum Gasteiger partial charge on any atom is -0.412 e. The molecular weight excluding hydrogens is 159 g/mol. The molecule has 0 saturated heterocycles. The Morgan fingerprint density at radius 1 is 1.27 bits per heavy atom. The maximum absolute atomic E-state index is 11.7. The van der Waals surface area contributed by atoms with E-state index in [0.717, 1.165) is 12.3 Å². The van der Waals surface area contributed by atoms with Gasteiger partial charge in [0.1, 0.15) is 0 Å². The lowest BCUT2D eigenvalue weighted by Gasteiger charge is -2.03. The van der Waals surface area contributed by atoms with Crippen LogP contribution in [0.4, 0.5) is 13.2 Å². The molecule has 1 rings (SSSR count). The van der Waals surface area contributed by atoms with Crippen LogP contribution in [0.25, 0.3) is 0 Å². The Balaban J connectivity index is 0.000001000. The van der Waals surface area contributed by atoms with Crippen molar-refractivity contribution >= 4 is 0 Å². The van der Waals surface area contributed by atoms with Crippen LogP contribution in [0.5, 0.6) is 0 Å². The maximum atomic E-state index is 11.7. The zero-order valence-corrected chi connectivity index (χ0v) is 5.39. The number of halogens is 3. The summed E-state index contributed by atoms with van der Waals surface area (Å²) in [5.41, 5.74) is -0.713. The molecule has 0 atom stereocenters. The van der Waals surface area contributed by atoms with E-state index in [1.54, 1.807) is 0 Å². The molecule has 0 unspecified atom stereocenters. The maximum Gasteiger partial charge on any atom is 0.417 e. The van der Waals surface area contributed by atoms with Crippen molar-refractivity contribution < 1.29 is 18.6 Å². The number of rotatable bonds is 0. The summed E-state index contributed by atoms with van der Waals surface area (Å²) in [5.74, 6) is 0. The number of nitrogens with zero attached hydrogens (tertiary/aromatic N) is 1. The van der Waals surface area contributed by atoms with Crippen LogP contribution >= 0.6 is 0 Å². The highest BCUT2D eigenvalue weighted by molar-refractivity contribution is 5.11. The highest BCUT2D eigenvalue weighted by atomic mass is 19.4. The summed E-state index contributed by atoms with van der Waals surface area (Å²) in [5, 5.41) is 0. The summed E-state index contributed by atoms with van der Waals surface area (Å²) >= 11 is 0. The average molecular weight is 165 g/mol. The van der Waals surface area contributed by atoms with Gasteiger partial charge in [0.15, 0.2) is 0 Å². The van der Waals surface area contributed by atoms with E-state index >= 15 is 0 Å². The van der Waals surface area contributed by atoms with Gasteiger partial charge < -0.3 is 5.48 Å². The van der Waals surface area contributed by atoms with Crippen molar-refractivity contribution in [3.8, 4) is 0 Å². The van der Waals surface area contributed by atoms with Gasteiger partial charge in [-0.2, -0.15) is 13.2 Å². The van der Waals surface area contributed by atoms with E-state index in [4.69, 9.17) is 0 Å². The van der Waals surface area contributed by atoms with Crippen LogP contribution in [0.2, 0.25) is 0 Å². The number of aromatic nitrogens is 1. The van der Waals surface area contributed by atoms with Gasteiger partial charge in [-0.1, -0.05) is 0 Å². The van der Waals surface area contributed by atoms with Crippen molar-refractivity contribution in [3.05, 3.63) is 30.1 Å². The molecule has 0 radical (unpaired) electrons. The van der Waals surface area contributed by atoms with Crippen LogP contribution in [0.15, 0.2) is 24.5 Å². The van der Waals surface area contributed by atoms with Gasteiger partial charge in [-0.3, -0.25) is 4.98 Å². The summed E-state index contributed by atoms with van der Waals surface area (Å²) in [6.07, 6.45) is -2.18. The quantitative estimate of drug-likeness (QED) is 0.571. The second-order valence-electron chi connectivity index (χ2n) is 1.74. The van der Waals surface area contributed by atoms with E-state index < -0.39 is 11.7 Å². The van der Waals surface area contributed by atoms with Crippen LogP contribution in [-0.2, 0) is 6.18 Å². The standard InChI is InChI=1S/C6H4F3N.H2O/c7-6(8,9)5-2-1-3-10-4-5;/h1-4H;1H2. The van der Waals surface area contributed by atoms with E-state index in [-0.39, 0.29) is 5.48 Å². The topological polar surface area (TPSA) is 44.4 Å². The number of pyridine rings is 1. The monoisotopic (exact) mass is 165 g/mol. The molecule has 1 heterocycles. The number of hydrogen-bond acceptors (Lipinski definition) is 1. The van der Waals surface area contributed by atoms with Crippen molar-refractivity contribution in [3.63, 3.8) is 0 Å². The highest BCUT2D eigenvalue weighted by Crippen LogP contribution is 2.27. The molecule has 0 aliphatic rings. The Labute approximate surface area is 61.0 Å². The van der Waals surface area contributed by atoms with Crippen LogP contribution in [0.3, 0.4) is 0 Å². The van der Waals surface area contributed by atoms with Crippen molar-refractivity contribution in [1.82, 2.24) is 4.98 Å². The largest absolute Gasteiger partial charge is 0.417 e. The van der Waals surface area contributed by atoms with E-state index in [1.165, 1.54) is 12.3 Å². The van der Waals surface area contributed by atoms with Crippen molar-refractivity contribution in [2.45, 2.75) is 6.18 Å². The number of hydrogen-bond donors (Lipinski definition) is 0. The Morgan fingerprint density at radius 3 is 2.18 bits per heavy atom. The molecule has 62 valence electrons. The molecular formula is C6H6F3NO. The minimum absolute atomic E-state index is 0. The summed E-state index contributed by atoms with van der Waals surface area (Å²) in [6.45, 7) is 0. The van der Waals surface area contributed by atoms with Crippen molar-refractivity contribution in [1.29, 1.82) is 0 Å². The Bertz CT molecular complexity index is 209. The van der Waals surface area contributed by atoms with Gasteiger partial charge in [-0.15, -0.1) is 0 Å². The molecule has 11 heavy (non-hydrogen) atoms. The third-order valence-electron chi connectivity index (χ3n) is 0.989. The first kappa shape index (κ1) is 9.90. The normalized spacial score (nSPS) is 10.5. The smallest absolute Gasteiger partial charge is 0.412 e. The first-order valence-electron chi connectivity index (χ1n) is 2.58. The number of alkyl halides is 3. The van der Waals surface area contributed by atoms with Crippen molar-refractivity contribution in [2.24, 2.45) is 0 Å². The lowest BCUT2D eigenvalue weighted by Crippen LogP contribution is -2.04. The zero-order valence-electron chi connectivity index (χ0n) is 5.39. The van der Waals surface area contributed by atoms with Crippen LogP contribution in [0.1, 0.15) is 5.56 Å². The minimum atomic E-state index is -4.27. The average Bonchev–Trinajstić information content (AvgIpc) is 1.88. The fourth-order valence-corrected chi connectivity index (χ4v) is 0.530. The zero-order chi connectivity index (χ0) is 7.61. The Kier molecular flexibility index (Phi) is 3.00. The molecule has 2 N–H and O–H groups in total.